The highest BCUT2D eigenvalue weighted by molar-refractivity contribution is 6.43. The number of ketones is 1. The second-order valence-electron chi connectivity index (χ2n) is 11.5. The highest BCUT2D eigenvalue weighted by Crippen LogP contribution is 2.57. The van der Waals surface area contributed by atoms with Crippen molar-refractivity contribution in [2.75, 3.05) is 11.9 Å². The minimum Gasteiger partial charge on any atom is -0.395 e. The van der Waals surface area contributed by atoms with Crippen LogP contribution in [0.1, 0.15) is 76.2 Å². The summed E-state index contributed by atoms with van der Waals surface area (Å²) in [5.74, 6) is -1.72. The first-order chi connectivity index (χ1) is 17.4. The fraction of sp³-hybridized carbons (Fsp3) is 0.536. The number of anilines is 1. The third kappa shape index (κ3) is 4.48. The molecule has 2 aromatic rings. The van der Waals surface area contributed by atoms with Crippen molar-refractivity contribution in [3.63, 3.8) is 0 Å². The zero-order chi connectivity index (χ0) is 26.7. The van der Waals surface area contributed by atoms with Gasteiger partial charge >= 0.3 is 0 Å². The van der Waals surface area contributed by atoms with Gasteiger partial charge in [-0.15, -0.1) is 0 Å². The van der Waals surface area contributed by atoms with Crippen LogP contribution < -0.4 is 10.6 Å². The van der Waals surface area contributed by atoms with E-state index in [0.717, 1.165) is 32.1 Å². The fourth-order valence-electron chi connectivity index (χ4n) is 7.58. The lowest BCUT2D eigenvalue weighted by Gasteiger charge is -2.60. The van der Waals surface area contributed by atoms with E-state index < -0.39 is 28.7 Å². The zero-order valence-electron chi connectivity index (χ0n) is 21.5. The molecular weight excluding hydrogens is 477 g/mol. The number of carbonyl (C=O) groups excluding carboxylic acids is 3. The summed E-state index contributed by atoms with van der Waals surface area (Å²) in [4.78, 5) is 40.1. The topological polar surface area (TPSA) is 121 Å². The van der Waals surface area contributed by atoms with Gasteiger partial charge in [0.2, 0.25) is 0 Å². The molecule has 198 valence electrons. The van der Waals surface area contributed by atoms with Crippen molar-refractivity contribution >= 4 is 23.3 Å². The van der Waals surface area contributed by atoms with Gasteiger partial charge in [-0.25, -0.2) is 4.39 Å². The molecule has 37 heavy (non-hydrogen) atoms. The standard InChI is InChI=1S/C28H34FN3O5/c1-15-8-20(4-5-21(15)29)30-25(35)22-16(2)23(32(6-7-33)17(22)3)24(34)26(36)31-27-10-18-9-19(11-27)13-28(37,12-18)14-27/h4-5,8,18-19,33,37H,6-7,9-14H2,1-3H3,(H,30,35)(H,31,36)/t18-,19+,27+,28-. The molecule has 1 heterocycles. The Labute approximate surface area is 215 Å². The van der Waals surface area contributed by atoms with Crippen LogP contribution in [0.25, 0.3) is 0 Å². The smallest absolute Gasteiger partial charge is 0.294 e. The summed E-state index contributed by atoms with van der Waals surface area (Å²) in [6, 6.07) is 4.23. The van der Waals surface area contributed by atoms with Gasteiger partial charge in [0.25, 0.3) is 17.6 Å². The van der Waals surface area contributed by atoms with Crippen LogP contribution in [0, 0.1) is 38.4 Å². The molecule has 4 fully saturated rings. The molecule has 4 saturated carbocycles. The number of Topliss-reactive ketones (excluding diaryl/α,β-unsaturated/α-hetero) is 1. The number of hydrogen-bond acceptors (Lipinski definition) is 5. The van der Waals surface area contributed by atoms with Crippen molar-refractivity contribution in [1.29, 1.82) is 0 Å². The summed E-state index contributed by atoms with van der Waals surface area (Å²) in [5, 5.41) is 26.4. The van der Waals surface area contributed by atoms with Crippen LogP contribution in [0.3, 0.4) is 0 Å². The Bertz CT molecular complexity index is 1290. The van der Waals surface area contributed by atoms with Gasteiger partial charge in [-0.1, -0.05) is 0 Å². The molecule has 1 aromatic carbocycles. The van der Waals surface area contributed by atoms with E-state index in [1.165, 1.54) is 22.8 Å². The van der Waals surface area contributed by atoms with Crippen LogP contribution in [0.5, 0.6) is 0 Å². The average Bonchev–Trinajstić information content (AvgIpc) is 3.03. The maximum Gasteiger partial charge on any atom is 0.294 e. The maximum atomic E-state index is 13.7. The number of halogens is 1. The fourth-order valence-corrected chi connectivity index (χ4v) is 7.58. The van der Waals surface area contributed by atoms with E-state index in [4.69, 9.17) is 0 Å². The lowest BCUT2D eigenvalue weighted by molar-refractivity contribution is -0.149. The van der Waals surface area contributed by atoms with Gasteiger partial charge in [-0.2, -0.15) is 0 Å². The number of benzene rings is 1. The first-order valence-electron chi connectivity index (χ1n) is 12.9. The average molecular weight is 512 g/mol. The number of amides is 2. The van der Waals surface area contributed by atoms with Crippen molar-refractivity contribution in [2.45, 2.75) is 77.0 Å². The van der Waals surface area contributed by atoms with Crippen LogP contribution in [-0.4, -0.2) is 50.1 Å². The van der Waals surface area contributed by atoms with Crippen LogP contribution in [-0.2, 0) is 11.3 Å². The summed E-state index contributed by atoms with van der Waals surface area (Å²) < 4.78 is 15.2. The van der Waals surface area contributed by atoms with Gasteiger partial charge in [0.1, 0.15) is 5.82 Å². The predicted octanol–water partition coefficient (Wildman–Crippen LogP) is 3.18. The molecule has 0 aliphatic heterocycles. The normalized spacial score (nSPS) is 27.8. The number of aliphatic hydroxyl groups excluding tert-OH is 1. The van der Waals surface area contributed by atoms with E-state index in [0.29, 0.717) is 40.8 Å². The van der Waals surface area contributed by atoms with Crippen LogP contribution in [0.15, 0.2) is 18.2 Å². The number of rotatable bonds is 7. The molecule has 4 N–H and O–H groups in total. The Morgan fingerprint density at radius 1 is 1.11 bits per heavy atom. The van der Waals surface area contributed by atoms with Gasteiger partial charge in [-0.05, 0) is 100 Å². The number of aryl methyl sites for hydroxylation is 1. The van der Waals surface area contributed by atoms with Gasteiger partial charge in [-0.3, -0.25) is 14.4 Å². The third-order valence-electron chi connectivity index (χ3n) is 8.56. The van der Waals surface area contributed by atoms with E-state index in [9.17, 15) is 29.0 Å². The SMILES string of the molecule is Cc1cc(NC(=O)c2c(C)c(C(=O)C(=O)N[C@@]34C[C@@H]5C[C@@H](C[C@@](O)(C5)C3)C4)n(CCO)c2C)ccc1F. The second kappa shape index (κ2) is 9.06. The van der Waals surface area contributed by atoms with Crippen molar-refractivity contribution in [3.8, 4) is 0 Å². The lowest BCUT2D eigenvalue weighted by Crippen LogP contribution is -2.66. The minimum absolute atomic E-state index is 0.0407. The maximum absolute atomic E-state index is 13.7. The molecule has 1 aromatic heterocycles. The number of nitrogens with one attached hydrogen (secondary N) is 2. The van der Waals surface area contributed by atoms with E-state index in [1.807, 2.05) is 0 Å². The van der Waals surface area contributed by atoms with Gasteiger partial charge < -0.3 is 25.4 Å². The summed E-state index contributed by atoms with van der Waals surface area (Å²) in [6.45, 7) is 4.63. The highest BCUT2D eigenvalue weighted by atomic mass is 19.1. The first kappa shape index (κ1) is 25.6. The predicted molar refractivity (Wildman–Crippen MR) is 135 cm³/mol. The molecule has 0 spiro atoms. The number of aliphatic hydroxyl groups is 2. The summed E-state index contributed by atoms with van der Waals surface area (Å²) in [5.41, 5.74) is 0.490. The highest BCUT2D eigenvalue weighted by Gasteiger charge is 2.58. The molecule has 4 aliphatic rings. The third-order valence-corrected chi connectivity index (χ3v) is 8.56. The van der Waals surface area contributed by atoms with Gasteiger partial charge in [0, 0.05) is 23.5 Å². The van der Waals surface area contributed by atoms with E-state index >= 15 is 0 Å². The van der Waals surface area contributed by atoms with Crippen LogP contribution in [0.4, 0.5) is 10.1 Å². The Morgan fingerprint density at radius 2 is 1.78 bits per heavy atom. The molecule has 6 rings (SSSR count). The molecular formula is C28H34FN3O5. The van der Waals surface area contributed by atoms with Gasteiger partial charge in [0.15, 0.2) is 0 Å². The van der Waals surface area contributed by atoms with E-state index in [-0.39, 0.29) is 30.2 Å². The van der Waals surface area contributed by atoms with Crippen molar-refractivity contribution in [2.24, 2.45) is 11.8 Å². The van der Waals surface area contributed by atoms with Gasteiger partial charge in [0.05, 0.1) is 23.5 Å². The summed E-state index contributed by atoms with van der Waals surface area (Å²) >= 11 is 0. The monoisotopic (exact) mass is 511 g/mol. The molecule has 8 nitrogen and oxygen atoms in total. The molecule has 9 heteroatoms. The first-order valence-corrected chi connectivity index (χ1v) is 12.9. The Morgan fingerprint density at radius 3 is 2.38 bits per heavy atom. The largest absolute Gasteiger partial charge is 0.395 e. The number of carbonyl (C=O) groups is 3. The molecule has 4 bridgehead atoms. The molecule has 4 aliphatic carbocycles. The van der Waals surface area contributed by atoms with E-state index in [2.05, 4.69) is 10.6 Å². The van der Waals surface area contributed by atoms with Crippen LogP contribution in [0.2, 0.25) is 0 Å². The molecule has 0 saturated heterocycles. The van der Waals surface area contributed by atoms with Crippen molar-refractivity contribution in [1.82, 2.24) is 9.88 Å². The second-order valence-corrected chi connectivity index (χ2v) is 11.5. The Balaban J connectivity index is 1.42. The Kier molecular flexibility index (Phi) is 6.27. The molecule has 0 unspecified atom stereocenters. The Hall–Kier alpha value is -3.04. The number of hydrogen-bond donors (Lipinski definition) is 4. The summed E-state index contributed by atoms with van der Waals surface area (Å²) in [7, 11) is 0. The number of nitrogens with zero attached hydrogens (tertiary/aromatic N) is 1. The lowest BCUT2D eigenvalue weighted by atomic mass is 9.51. The van der Waals surface area contributed by atoms with Crippen molar-refractivity contribution in [3.05, 3.63) is 52.1 Å². The molecule has 2 amide bonds. The quantitative estimate of drug-likeness (QED) is 0.336. The van der Waals surface area contributed by atoms with E-state index in [1.54, 1.807) is 20.8 Å². The minimum atomic E-state index is -0.784. The van der Waals surface area contributed by atoms with Crippen LogP contribution >= 0.6 is 0 Å². The molecule has 0 radical (unpaired) electrons. The molecule has 4 atom stereocenters. The zero-order valence-corrected chi connectivity index (χ0v) is 21.5. The summed E-state index contributed by atoms with van der Waals surface area (Å²) in [6.07, 6.45) is 4.51. The van der Waals surface area contributed by atoms with Crippen molar-refractivity contribution < 1.29 is 29.0 Å². The number of aromatic nitrogens is 1.